The highest BCUT2D eigenvalue weighted by molar-refractivity contribution is 5.72. The van der Waals surface area contributed by atoms with Crippen molar-refractivity contribution in [2.45, 2.75) is 193 Å². The number of hydrogen-bond acceptors (Lipinski definition) is 6. The number of quaternary nitrogens is 1. The lowest BCUT2D eigenvalue weighted by Gasteiger charge is -2.31. The predicted octanol–water partition coefficient (Wildman–Crippen LogP) is 13.1. The molecule has 8 heteroatoms. The summed E-state index contributed by atoms with van der Waals surface area (Å²) < 4.78 is 17.3. The van der Waals surface area contributed by atoms with Crippen LogP contribution in [0.1, 0.15) is 181 Å². The SMILES string of the molecule is CC/C=C/C/C=C/C/C=C/C/C=C/C/C=C/CCCCCCCCC(=O)OC(COCCC(C(=O)O)[N+](C)(C)C)COC(=O)CCCCC/C=C/CCCCCCCC. The molecule has 0 heterocycles. The lowest BCUT2D eigenvalue weighted by atomic mass is 10.1. The number of hydrogen-bond donors (Lipinski definition) is 1. The van der Waals surface area contributed by atoms with E-state index in [0.717, 1.165) is 96.3 Å². The Balaban J connectivity index is 4.35. The van der Waals surface area contributed by atoms with Crippen LogP contribution in [0.2, 0.25) is 0 Å². The molecule has 0 aromatic heterocycles. The number of nitrogens with zero attached hydrogens (tertiary/aromatic N) is 1. The monoisotopic (exact) mass is 827 g/mol. The summed E-state index contributed by atoms with van der Waals surface area (Å²) in [5.41, 5.74) is 0. The highest BCUT2D eigenvalue weighted by Crippen LogP contribution is 2.13. The second-order valence-electron chi connectivity index (χ2n) is 16.6. The number of esters is 2. The number of carboxylic acid groups (broad SMARTS) is 1. The summed E-state index contributed by atoms with van der Waals surface area (Å²) in [6, 6.07) is -0.622. The van der Waals surface area contributed by atoms with E-state index in [9.17, 15) is 19.5 Å². The molecule has 0 aliphatic heterocycles. The summed E-state index contributed by atoms with van der Waals surface area (Å²) in [7, 11) is 5.51. The van der Waals surface area contributed by atoms with Gasteiger partial charge in [-0.1, -0.05) is 151 Å². The van der Waals surface area contributed by atoms with E-state index >= 15 is 0 Å². The molecule has 0 rings (SSSR count). The van der Waals surface area contributed by atoms with Crippen LogP contribution in [0.15, 0.2) is 72.9 Å². The molecule has 0 aromatic carbocycles. The Bertz CT molecular complexity index is 1190. The van der Waals surface area contributed by atoms with Crippen molar-refractivity contribution in [2.75, 3.05) is 41.0 Å². The lowest BCUT2D eigenvalue weighted by Crippen LogP contribution is -2.50. The van der Waals surface area contributed by atoms with Crippen LogP contribution in [0, 0.1) is 0 Å². The summed E-state index contributed by atoms with van der Waals surface area (Å²) in [6.07, 6.45) is 52.3. The molecule has 8 nitrogen and oxygen atoms in total. The molecule has 0 fully saturated rings. The van der Waals surface area contributed by atoms with Crippen LogP contribution in [0.5, 0.6) is 0 Å². The van der Waals surface area contributed by atoms with Gasteiger partial charge in [0.1, 0.15) is 6.61 Å². The minimum atomic E-state index is -0.882. The molecule has 0 aromatic rings. The zero-order chi connectivity index (χ0) is 43.5. The van der Waals surface area contributed by atoms with E-state index in [-0.39, 0.29) is 36.2 Å². The summed E-state index contributed by atoms with van der Waals surface area (Å²) in [5.74, 6) is -1.51. The van der Waals surface area contributed by atoms with E-state index in [1.165, 1.54) is 51.4 Å². The summed E-state index contributed by atoms with van der Waals surface area (Å²) >= 11 is 0. The van der Waals surface area contributed by atoms with Gasteiger partial charge in [-0.3, -0.25) is 9.59 Å². The van der Waals surface area contributed by atoms with Crippen LogP contribution >= 0.6 is 0 Å². The van der Waals surface area contributed by atoms with Crippen LogP contribution in [0.3, 0.4) is 0 Å². The fourth-order valence-electron chi connectivity index (χ4n) is 6.46. The first-order valence-electron chi connectivity index (χ1n) is 23.5. The van der Waals surface area contributed by atoms with Gasteiger partial charge in [-0.25, -0.2) is 4.79 Å². The number of allylic oxidation sites excluding steroid dienone is 12. The Morgan fingerprint density at radius 1 is 0.525 bits per heavy atom. The second kappa shape index (κ2) is 41.5. The number of likely N-dealkylation sites (N-methyl/N-ethyl adjacent to an activating group) is 1. The maximum absolute atomic E-state index is 12.8. The minimum absolute atomic E-state index is 0.0471. The van der Waals surface area contributed by atoms with Gasteiger partial charge in [0.15, 0.2) is 12.1 Å². The molecule has 59 heavy (non-hydrogen) atoms. The summed E-state index contributed by atoms with van der Waals surface area (Å²) in [6.45, 7) is 4.57. The van der Waals surface area contributed by atoms with Crippen molar-refractivity contribution in [3.63, 3.8) is 0 Å². The highest BCUT2D eigenvalue weighted by atomic mass is 16.6. The molecule has 0 aliphatic rings. The van der Waals surface area contributed by atoms with E-state index < -0.39 is 18.1 Å². The first-order valence-corrected chi connectivity index (χ1v) is 23.5. The van der Waals surface area contributed by atoms with E-state index in [0.29, 0.717) is 19.3 Å². The lowest BCUT2D eigenvalue weighted by molar-refractivity contribution is -0.887. The van der Waals surface area contributed by atoms with Crippen molar-refractivity contribution in [1.82, 2.24) is 0 Å². The highest BCUT2D eigenvalue weighted by Gasteiger charge is 2.31. The van der Waals surface area contributed by atoms with E-state index in [2.05, 4.69) is 86.8 Å². The van der Waals surface area contributed by atoms with Gasteiger partial charge in [-0.15, -0.1) is 0 Å². The van der Waals surface area contributed by atoms with Crippen LogP contribution in [0.4, 0.5) is 0 Å². The van der Waals surface area contributed by atoms with E-state index in [1.807, 2.05) is 21.1 Å². The average molecular weight is 827 g/mol. The largest absolute Gasteiger partial charge is 0.477 e. The summed E-state index contributed by atoms with van der Waals surface area (Å²) in [5, 5.41) is 9.63. The Morgan fingerprint density at radius 3 is 1.44 bits per heavy atom. The van der Waals surface area contributed by atoms with Crippen LogP contribution in [0.25, 0.3) is 0 Å². The predicted molar refractivity (Wildman–Crippen MR) is 247 cm³/mol. The number of rotatable bonds is 41. The minimum Gasteiger partial charge on any atom is -0.477 e. The van der Waals surface area contributed by atoms with Gasteiger partial charge in [-0.2, -0.15) is 0 Å². The molecule has 0 saturated carbocycles. The second-order valence-corrected chi connectivity index (χ2v) is 16.6. The number of carboxylic acids is 1. The van der Waals surface area contributed by atoms with Gasteiger partial charge >= 0.3 is 17.9 Å². The van der Waals surface area contributed by atoms with Crippen LogP contribution in [-0.2, 0) is 28.6 Å². The first kappa shape index (κ1) is 55.8. The van der Waals surface area contributed by atoms with Gasteiger partial charge in [0.25, 0.3) is 0 Å². The number of unbranched alkanes of at least 4 members (excludes halogenated alkanes) is 15. The zero-order valence-electron chi connectivity index (χ0n) is 38.4. The summed E-state index contributed by atoms with van der Waals surface area (Å²) in [4.78, 5) is 37.0. The van der Waals surface area contributed by atoms with E-state index in [1.54, 1.807) is 0 Å². The number of carbonyl (C=O) groups is 3. The third-order valence-corrected chi connectivity index (χ3v) is 10.1. The van der Waals surface area contributed by atoms with Gasteiger partial charge in [-0.05, 0) is 83.5 Å². The Labute approximate surface area is 361 Å². The maximum atomic E-state index is 12.8. The van der Waals surface area contributed by atoms with Gasteiger partial charge in [0.2, 0.25) is 0 Å². The van der Waals surface area contributed by atoms with Crippen LogP contribution < -0.4 is 0 Å². The average Bonchev–Trinajstić information content (AvgIpc) is 3.19. The third-order valence-electron chi connectivity index (χ3n) is 10.1. The molecular formula is C51H88NO7+. The molecule has 0 spiro atoms. The molecule has 0 aliphatic carbocycles. The van der Waals surface area contributed by atoms with Crippen molar-refractivity contribution in [2.24, 2.45) is 0 Å². The number of ether oxygens (including phenoxy) is 3. The van der Waals surface area contributed by atoms with Crippen molar-refractivity contribution in [1.29, 1.82) is 0 Å². The maximum Gasteiger partial charge on any atom is 0.362 e. The van der Waals surface area contributed by atoms with Gasteiger partial charge < -0.3 is 23.8 Å². The standard InChI is InChI=1S/C51H87NO7/c1-6-8-10-12-14-16-18-20-21-22-23-24-25-26-27-28-30-32-34-36-38-40-42-50(54)59-47(45-57-44-43-48(51(55)56)52(3,4)5)46-58-49(53)41-39-37-35-33-31-29-19-17-15-13-11-9-7-2/h8,10,14,16,20-21,23-24,26-27,29,31,47-48H,6-7,9,11-13,15,17-19,22,25,28,30,32-46H2,1-5H3/p+1/b10-8+,16-14+,21-20+,24-23+,27-26+,31-29+. The fourth-order valence-corrected chi connectivity index (χ4v) is 6.46. The Hall–Kier alpha value is -3.23. The molecular weight excluding hydrogens is 739 g/mol. The normalized spacial score (nSPS) is 13.6. The number of carbonyl (C=O) groups excluding carboxylic acids is 2. The molecule has 2 unspecified atom stereocenters. The molecule has 338 valence electrons. The molecule has 0 amide bonds. The molecule has 0 bridgehead atoms. The van der Waals surface area contributed by atoms with Crippen molar-refractivity contribution in [3.8, 4) is 0 Å². The van der Waals surface area contributed by atoms with Crippen molar-refractivity contribution < 1.29 is 38.2 Å². The zero-order valence-corrected chi connectivity index (χ0v) is 38.4. The van der Waals surface area contributed by atoms with Crippen molar-refractivity contribution in [3.05, 3.63) is 72.9 Å². The molecule has 1 N–H and O–H groups in total. The first-order chi connectivity index (χ1) is 28.6. The van der Waals surface area contributed by atoms with Crippen LogP contribution in [-0.4, -0.2) is 80.6 Å². The topological polar surface area (TPSA) is 99.1 Å². The van der Waals surface area contributed by atoms with Gasteiger partial charge in [0, 0.05) is 19.3 Å². The fraction of sp³-hybridized carbons (Fsp3) is 0.706. The smallest absolute Gasteiger partial charge is 0.362 e. The molecule has 2 atom stereocenters. The van der Waals surface area contributed by atoms with Gasteiger partial charge in [0.05, 0.1) is 34.4 Å². The quantitative estimate of drug-likeness (QED) is 0.0284. The molecule has 0 saturated heterocycles. The Morgan fingerprint density at radius 2 is 0.949 bits per heavy atom. The third kappa shape index (κ3) is 40.0. The number of aliphatic carboxylic acids is 1. The van der Waals surface area contributed by atoms with E-state index in [4.69, 9.17) is 14.2 Å². The Kier molecular flexibility index (Phi) is 39.2. The van der Waals surface area contributed by atoms with Crippen molar-refractivity contribution >= 4 is 17.9 Å². The molecule has 0 radical (unpaired) electrons.